The lowest BCUT2D eigenvalue weighted by atomic mass is 9.66. The summed E-state index contributed by atoms with van der Waals surface area (Å²) in [5.74, 6) is -7.69. The van der Waals surface area contributed by atoms with E-state index in [2.05, 4.69) is 13.0 Å². The van der Waals surface area contributed by atoms with Crippen molar-refractivity contribution in [3.05, 3.63) is 59.2 Å². The van der Waals surface area contributed by atoms with Crippen LogP contribution in [0.15, 0.2) is 53.6 Å². The third-order valence-corrected chi connectivity index (χ3v) is 14.3. The van der Waals surface area contributed by atoms with Crippen LogP contribution in [0.5, 0.6) is 0 Å². The second kappa shape index (κ2) is 21.6. The molecule has 4 aliphatic rings. The van der Waals surface area contributed by atoms with Gasteiger partial charge >= 0.3 is 5.97 Å². The topological polar surface area (TPSA) is 178 Å². The van der Waals surface area contributed by atoms with Crippen LogP contribution in [-0.4, -0.2) is 126 Å². The summed E-state index contributed by atoms with van der Waals surface area (Å²) in [4.78, 5) is 58.6. The zero-order chi connectivity index (χ0) is 45.5. The van der Waals surface area contributed by atoms with Gasteiger partial charge in [0.05, 0.1) is 30.5 Å². The van der Waals surface area contributed by atoms with Crippen molar-refractivity contribution >= 4 is 23.4 Å². The van der Waals surface area contributed by atoms with Crippen LogP contribution >= 0.6 is 0 Å². The maximum atomic E-state index is 14.6. The van der Waals surface area contributed by atoms with Crippen molar-refractivity contribution in [1.82, 2.24) is 4.90 Å². The molecule has 1 saturated carbocycles. The first-order valence-corrected chi connectivity index (χ1v) is 22.8. The maximum Gasteiger partial charge on any atom is 0.329 e. The van der Waals surface area contributed by atoms with Gasteiger partial charge in [0, 0.05) is 57.5 Å². The Morgan fingerprint density at radius 3 is 2.21 bits per heavy atom. The summed E-state index contributed by atoms with van der Waals surface area (Å²) < 4.78 is 30.3. The second-order valence-electron chi connectivity index (χ2n) is 18.8. The number of ketones is 2. The van der Waals surface area contributed by atoms with E-state index in [1.54, 1.807) is 21.0 Å². The first-order valence-electron chi connectivity index (χ1n) is 22.8. The van der Waals surface area contributed by atoms with Gasteiger partial charge in [-0.2, -0.15) is 0 Å². The molecule has 2 saturated heterocycles. The van der Waals surface area contributed by atoms with Gasteiger partial charge in [-0.1, -0.05) is 75.8 Å². The number of benzene rings is 1. The van der Waals surface area contributed by atoms with E-state index in [0.717, 1.165) is 11.1 Å². The molecular formula is C49H73NO12. The molecule has 1 aromatic carbocycles. The van der Waals surface area contributed by atoms with Crippen LogP contribution in [0.3, 0.4) is 0 Å². The number of Topliss-reactive ketones (excluding diaryl/α,β-unsaturated/α-hetero) is 2. The molecule has 62 heavy (non-hydrogen) atoms. The third kappa shape index (κ3) is 11.0. The molecular weight excluding hydrogens is 795 g/mol. The van der Waals surface area contributed by atoms with E-state index in [9.17, 15) is 34.5 Å². The van der Waals surface area contributed by atoms with Gasteiger partial charge in [0.2, 0.25) is 5.79 Å². The fraction of sp³-hybridized carbons (Fsp3) is 0.714. The van der Waals surface area contributed by atoms with E-state index in [1.165, 1.54) is 19.1 Å². The molecule has 0 aromatic heterocycles. The number of methoxy groups -OCH3 is 3. The minimum Gasteiger partial charge on any atom is -0.456 e. The molecule has 1 amide bonds. The Kier molecular flexibility index (Phi) is 17.3. The van der Waals surface area contributed by atoms with Crippen molar-refractivity contribution in [3.63, 3.8) is 0 Å². The van der Waals surface area contributed by atoms with Gasteiger partial charge in [-0.05, 0) is 95.1 Å². The molecule has 0 spiro atoms. The maximum absolute atomic E-state index is 14.6. The second-order valence-corrected chi connectivity index (χ2v) is 18.8. The molecule has 3 heterocycles. The van der Waals surface area contributed by atoms with Crippen LogP contribution in [0, 0.1) is 23.7 Å². The van der Waals surface area contributed by atoms with E-state index in [-0.39, 0.29) is 37.5 Å². The minimum absolute atomic E-state index is 0.0213. The summed E-state index contributed by atoms with van der Waals surface area (Å²) in [5, 5.41) is 34.9. The highest BCUT2D eigenvalue weighted by molar-refractivity contribution is 6.39. The highest BCUT2D eigenvalue weighted by Crippen LogP contribution is 2.44. The fourth-order valence-corrected chi connectivity index (χ4v) is 10.6. The number of hydrogen-bond donors (Lipinski definition) is 3. The van der Waals surface area contributed by atoms with Crippen LogP contribution in [0.4, 0.5) is 0 Å². The summed E-state index contributed by atoms with van der Waals surface area (Å²) >= 11 is 0. The van der Waals surface area contributed by atoms with Crippen molar-refractivity contribution < 1.29 is 58.2 Å². The van der Waals surface area contributed by atoms with Gasteiger partial charge < -0.3 is 43.9 Å². The molecule has 3 aliphatic heterocycles. The molecule has 13 unspecified atom stereocenters. The smallest absolute Gasteiger partial charge is 0.329 e. The molecule has 1 aliphatic carbocycles. The number of amides is 1. The van der Waals surface area contributed by atoms with Crippen molar-refractivity contribution in [2.24, 2.45) is 23.7 Å². The fourth-order valence-electron chi connectivity index (χ4n) is 10.6. The number of fused-ring (bicyclic) bond motifs is 3. The van der Waals surface area contributed by atoms with Crippen molar-refractivity contribution in [1.29, 1.82) is 0 Å². The van der Waals surface area contributed by atoms with Gasteiger partial charge in [0.15, 0.2) is 0 Å². The number of cyclic esters (lactones) is 1. The quantitative estimate of drug-likeness (QED) is 0.171. The first kappa shape index (κ1) is 49.7. The summed E-state index contributed by atoms with van der Waals surface area (Å²) in [7, 11) is 4.64. The monoisotopic (exact) mass is 868 g/mol. The zero-order valence-electron chi connectivity index (χ0n) is 38.4. The molecule has 3 fully saturated rings. The lowest BCUT2D eigenvalue weighted by molar-refractivity contribution is -0.302. The van der Waals surface area contributed by atoms with Gasteiger partial charge in [-0.25, -0.2) is 4.79 Å². The Morgan fingerprint density at radius 1 is 0.903 bits per heavy atom. The number of hydrogen-bond acceptors (Lipinski definition) is 12. The van der Waals surface area contributed by atoms with Crippen molar-refractivity contribution in [2.75, 3.05) is 27.9 Å². The van der Waals surface area contributed by atoms with Crippen LogP contribution < -0.4 is 0 Å². The summed E-state index contributed by atoms with van der Waals surface area (Å²) in [6.07, 6.45) is 2.97. The average Bonchev–Trinajstić information content (AvgIpc) is 3.26. The molecule has 13 nitrogen and oxygen atoms in total. The minimum atomic E-state index is -2.52. The molecule has 13 heteroatoms. The van der Waals surface area contributed by atoms with Crippen LogP contribution in [0.25, 0.3) is 0 Å². The van der Waals surface area contributed by atoms with Crippen LogP contribution in [0.1, 0.15) is 118 Å². The Bertz CT molecular complexity index is 1770. The predicted octanol–water partition coefficient (Wildman–Crippen LogP) is 5.79. The SMILES string of the molecule is CCC1/C=C(\C)CC(C)CC(OC)C2OC(O)(C(=O)C(=O)N3CCCCC3C(=O)OC(C(C)=CC3(c4ccccc4)CC[C@H](O)C(OC)C3)C(C)C(O)CC1=O)C(C)CC2OC. The first-order chi connectivity index (χ1) is 29.4. The highest BCUT2D eigenvalue weighted by atomic mass is 16.7. The molecule has 346 valence electrons. The molecule has 0 radical (unpaired) electrons. The number of rotatable bonds is 7. The number of ether oxygens (including phenoxy) is 5. The van der Waals surface area contributed by atoms with Crippen molar-refractivity contribution in [2.45, 2.75) is 172 Å². The van der Waals surface area contributed by atoms with E-state index in [1.807, 2.05) is 57.2 Å². The molecule has 14 atom stereocenters. The number of aliphatic hydroxyl groups excluding tert-OH is 2. The predicted molar refractivity (Wildman–Crippen MR) is 233 cm³/mol. The van der Waals surface area contributed by atoms with E-state index in [0.29, 0.717) is 56.9 Å². The Balaban J connectivity index is 1.60. The average molecular weight is 868 g/mol. The van der Waals surface area contributed by atoms with E-state index in [4.69, 9.17) is 23.7 Å². The Hall–Kier alpha value is -3.30. The zero-order valence-corrected chi connectivity index (χ0v) is 38.4. The summed E-state index contributed by atoms with van der Waals surface area (Å²) in [6.45, 7) is 11.3. The Morgan fingerprint density at radius 2 is 1.56 bits per heavy atom. The molecule has 2 bridgehead atoms. The molecule has 3 N–H and O–H groups in total. The molecule has 5 rings (SSSR count). The third-order valence-electron chi connectivity index (χ3n) is 14.3. The lowest BCUT2D eigenvalue weighted by Gasteiger charge is -2.47. The normalized spacial score (nSPS) is 39.8. The van der Waals surface area contributed by atoms with Crippen molar-refractivity contribution in [3.8, 4) is 0 Å². The van der Waals surface area contributed by atoms with E-state index >= 15 is 0 Å². The highest BCUT2D eigenvalue weighted by Gasteiger charge is 2.56. The van der Waals surface area contributed by atoms with Crippen LogP contribution in [0.2, 0.25) is 0 Å². The Labute approximate surface area is 368 Å². The van der Waals surface area contributed by atoms with E-state index < -0.39 is 95.4 Å². The van der Waals surface area contributed by atoms with Gasteiger partial charge in [-0.3, -0.25) is 14.4 Å². The van der Waals surface area contributed by atoms with Crippen LogP contribution in [-0.2, 0) is 48.3 Å². The largest absolute Gasteiger partial charge is 0.456 e. The summed E-state index contributed by atoms with van der Waals surface area (Å²) in [6, 6.07) is 8.71. The standard InChI is InChI=1S/C49H73NO12/c1-10-34-23-29(2)22-30(3)24-40(58-7)44-41(59-8)25-32(5)49(57,62-44)45(54)46(55)50-21-15-14-18-36(50)47(56)61-43(33(6)38(52)26-39(34)53)31(4)27-48(35-16-12-11-13-17-35)20-19-37(51)42(28-48)60-9/h11-13,16-17,23,27,30,32-34,36-38,40-44,51-52,57H,10,14-15,18-22,24-26,28H2,1-9H3/b29-23+,31-27?/t30?,32?,33?,34?,36?,37-,38?,40?,41?,42?,43?,44?,48?,49?/m0/s1. The summed E-state index contributed by atoms with van der Waals surface area (Å²) in [5.41, 5.74) is 1.96. The lowest BCUT2D eigenvalue weighted by Crippen LogP contribution is -2.64. The molecule has 1 aromatic rings. The number of carbonyl (C=O) groups is 4. The number of piperidine rings is 1. The van der Waals surface area contributed by atoms with Gasteiger partial charge in [-0.15, -0.1) is 0 Å². The number of aliphatic hydroxyl groups is 3. The number of allylic oxidation sites excluding steroid dienone is 3. The number of carbonyl (C=O) groups excluding carboxylic acids is 4. The van der Waals surface area contributed by atoms with Gasteiger partial charge in [0.25, 0.3) is 11.7 Å². The number of nitrogens with zero attached hydrogens (tertiary/aromatic N) is 1. The van der Waals surface area contributed by atoms with Gasteiger partial charge in [0.1, 0.15) is 24.0 Å². The number of esters is 1.